The molecule has 2 aromatic heterocycles. The van der Waals surface area contributed by atoms with Gasteiger partial charge in [0.25, 0.3) is 0 Å². The molecule has 19 heavy (non-hydrogen) atoms. The summed E-state index contributed by atoms with van der Waals surface area (Å²) in [5.74, 6) is 1.57. The molecule has 0 aliphatic carbocycles. The second-order valence-electron chi connectivity index (χ2n) is 4.77. The Balaban J connectivity index is 1.81. The number of anilines is 2. The van der Waals surface area contributed by atoms with Gasteiger partial charge in [-0.1, -0.05) is 6.07 Å². The largest absolute Gasteiger partial charge is 0.323 e. The highest BCUT2D eigenvalue weighted by Gasteiger charge is 2.18. The molecule has 0 amide bonds. The fourth-order valence-electron chi connectivity index (χ4n) is 2.28. The van der Waals surface area contributed by atoms with E-state index < -0.39 is 0 Å². The molecule has 1 atom stereocenters. The fourth-order valence-corrected chi connectivity index (χ4v) is 2.28. The maximum atomic E-state index is 4.62. The quantitative estimate of drug-likeness (QED) is 0.881. The third kappa shape index (κ3) is 2.71. The highest BCUT2D eigenvalue weighted by Crippen LogP contribution is 2.22. The predicted octanol–water partition coefficient (Wildman–Crippen LogP) is 2.35. The third-order valence-electron chi connectivity index (χ3n) is 3.33. The van der Waals surface area contributed by atoms with Crippen LogP contribution in [0.3, 0.4) is 0 Å². The molecule has 1 saturated heterocycles. The fraction of sp³-hybridized carbons (Fsp3) is 0.357. The van der Waals surface area contributed by atoms with Gasteiger partial charge in [0, 0.05) is 6.20 Å². The van der Waals surface area contributed by atoms with Gasteiger partial charge in [0.15, 0.2) is 0 Å². The van der Waals surface area contributed by atoms with Gasteiger partial charge in [-0.2, -0.15) is 0 Å². The molecule has 1 fully saturated rings. The van der Waals surface area contributed by atoms with Crippen molar-refractivity contribution in [3.63, 3.8) is 0 Å². The summed E-state index contributed by atoms with van der Waals surface area (Å²) in [7, 11) is 0. The maximum Gasteiger partial charge on any atom is 0.150 e. The van der Waals surface area contributed by atoms with E-state index in [0.29, 0.717) is 6.04 Å². The summed E-state index contributed by atoms with van der Waals surface area (Å²) in [6.07, 6.45) is 7.65. The number of pyridine rings is 1. The van der Waals surface area contributed by atoms with E-state index in [1.54, 1.807) is 12.4 Å². The summed E-state index contributed by atoms with van der Waals surface area (Å²) in [6.45, 7) is 3.08. The van der Waals surface area contributed by atoms with Crippen molar-refractivity contribution >= 4 is 11.6 Å². The van der Waals surface area contributed by atoms with Gasteiger partial charge in [0.2, 0.25) is 0 Å². The highest BCUT2D eigenvalue weighted by molar-refractivity contribution is 5.54. The van der Waals surface area contributed by atoms with Gasteiger partial charge in [-0.3, -0.25) is 4.98 Å². The second-order valence-corrected chi connectivity index (χ2v) is 4.77. The first kappa shape index (κ1) is 12.0. The molecular formula is C14H17N5. The zero-order chi connectivity index (χ0) is 13.1. The van der Waals surface area contributed by atoms with Crippen LogP contribution in [0.4, 0.5) is 11.6 Å². The Kier molecular flexibility index (Phi) is 3.37. The summed E-state index contributed by atoms with van der Waals surface area (Å²) < 4.78 is 0. The molecule has 0 aromatic carbocycles. The molecule has 0 bridgehead atoms. The van der Waals surface area contributed by atoms with E-state index in [-0.39, 0.29) is 0 Å². The van der Waals surface area contributed by atoms with Gasteiger partial charge in [-0.25, -0.2) is 9.97 Å². The number of hydrogen-bond donors (Lipinski definition) is 2. The number of hydrogen-bond acceptors (Lipinski definition) is 5. The molecule has 1 aliphatic heterocycles. The monoisotopic (exact) mass is 255 g/mol. The molecule has 3 rings (SSSR count). The van der Waals surface area contributed by atoms with Crippen molar-refractivity contribution in [3.8, 4) is 0 Å². The van der Waals surface area contributed by atoms with Gasteiger partial charge in [-0.05, 0) is 37.9 Å². The second kappa shape index (κ2) is 5.32. The molecule has 1 aliphatic rings. The van der Waals surface area contributed by atoms with E-state index >= 15 is 0 Å². The lowest BCUT2D eigenvalue weighted by molar-refractivity contribution is 0.625. The number of aromatic nitrogens is 3. The Labute approximate surface area is 112 Å². The van der Waals surface area contributed by atoms with Crippen molar-refractivity contribution < 1.29 is 0 Å². The number of rotatable bonds is 3. The van der Waals surface area contributed by atoms with E-state index in [4.69, 9.17) is 0 Å². The normalized spacial score (nSPS) is 18.5. The topological polar surface area (TPSA) is 62.7 Å². The average Bonchev–Trinajstić information content (AvgIpc) is 2.96. The molecule has 98 valence electrons. The minimum atomic E-state index is 0.332. The van der Waals surface area contributed by atoms with Crippen molar-refractivity contribution in [3.05, 3.63) is 42.0 Å². The Morgan fingerprint density at radius 1 is 1.37 bits per heavy atom. The molecule has 5 nitrogen and oxygen atoms in total. The van der Waals surface area contributed by atoms with E-state index in [0.717, 1.165) is 35.9 Å². The first-order chi connectivity index (χ1) is 9.33. The van der Waals surface area contributed by atoms with Crippen LogP contribution in [0.5, 0.6) is 0 Å². The van der Waals surface area contributed by atoms with Crippen LogP contribution in [0.25, 0.3) is 0 Å². The summed E-state index contributed by atoms with van der Waals surface area (Å²) >= 11 is 0. The van der Waals surface area contributed by atoms with Crippen LogP contribution in [0, 0.1) is 6.92 Å². The lowest BCUT2D eigenvalue weighted by Crippen LogP contribution is -2.15. The summed E-state index contributed by atoms with van der Waals surface area (Å²) in [4.78, 5) is 13.2. The van der Waals surface area contributed by atoms with Crippen LogP contribution in [0.15, 0.2) is 30.7 Å². The summed E-state index contributed by atoms with van der Waals surface area (Å²) in [5, 5.41) is 6.65. The number of nitrogens with one attached hydrogen (secondary N) is 2. The molecule has 3 heterocycles. The van der Waals surface area contributed by atoms with Crippen molar-refractivity contribution in [2.24, 2.45) is 0 Å². The molecule has 0 radical (unpaired) electrons. The summed E-state index contributed by atoms with van der Waals surface area (Å²) in [5.41, 5.74) is 2.09. The van der Waals surface area contributed by atoms with Crippen molar-refractivity contribution in [1.29, 1.82) is 0 Å². The van der Waals surface area contributed by atoms with E-state index in [1.807, 2.05) is 25.3 Å². The molecule has 2 aromatic rings. The minimum absolute atomic E-state index is 0.332. The van der Waals surface area contributed by atoms with E-state index in [1.165, 1.54) is 6.42 Å². The van der Waals surface area contributed by atoms with Gasteiger partial charge < -0.3 is 10.6 Å². The SMILES string of the molecule is Cc1cccnc1Nc1cncc([C@H]2CCCN2)n1. The highest BCUT2D eigenvalue weighted by atomic mass is 15.1. The Hall–Kier alpha value is -2.01. The van der Waals surface area contributed by atoms with E-state index in [2.05, 4.69) is 25.6 Å². The number of nitrogens with zero attached hydrogens (tertiary/aromatic N) is 3. The standard InChI is InChI=1S/C14H17N5/c1-10-4-2-7-17-14(10)19-13-9-15-8-12(18-13)11-5-3-6-16-11/h2,4,7-9,11,16H,3,5-6H2,1H3,(H,17,18,19)/t11-/m1/s1. The van der Waals surface area contributed by atoms with Gasteiger partial charge in [0.05, 0.1) is 24.1 Å². The molecule has 0 spiro atoms. The predicted molar refractivity (Wildman–Crippen MR) is 74.3 cm³/mol. The minimum Gasteiger partial charge on any atom is -0.323 e. The Morgan fingerprint density at radius 2 is 2.32 bits per heavy atom. The maximum absolute atomic E-state index is 4.62. The number of aryl methyl sites for hydroxylation is 1. The molecule has 0 unspecified atom stereocenters. The van der Waals surface area contributed by atoms with Crippen molar-refractivity contribution in [2.75, 3.05) is 11.9 Å². The molecule has 2 N–H and O–H groups in total. The first-order valence-electron chi connectivity index (χ1n) is 6.57. The zero-order valence-corrected chi connectivity index (χ0v) is 10.9. The Morgan fingerprint density at radius 3 is 3.11 bits per heavy atom. The van der Waals surface area contributed by atoms with Crippen molar-refractivity contribution in [2.45, 2.75) is 25.8 Å². The van der Waals surface area contributed by atoms with Crippen LogP contribution in [-0.4, -0.2) is 21.5 Å². The van der Waals surface area contributed by atoms with Gasteiger partial charge in [-0.15, -0.1) is 0 Å². The van der Waals surface area contributed by atoms with Gasteiger partial charge in [0.1, 0.15) is 11.6 Å². The molecule has 5 heteroatoms. The van der Waals surface area contributed by atoms with Crippen LogP contribution in [-0.2, 0) is 0 Å². The van der Waals surface area contributed by atoms with E-state index in [9.17, 15) is 0 Å². The third-order valence-corrected chi connectivity index (χ3v) is 3.33. The van der Waals surface area contributed by atoms with Crippen LogP contribution in [0.1, 0.15) is 30.1 Å². The van der Waals surface area contributed by atoms with Crippen LogP contribution in [0.2, 0.25) is 0 Å². The zero-order valence-electron chi connectivity index (χ0n) is 10.9. The molecule has 0 saturated carbocycles. The average molecular weight is 255 g/mol. The lowest BCUT2D eigenvalue weighted by Gasteiger charge is -2.11. The first-order valence-corrected chi connectivity index (χ1v) is 6.57. The van der Waals surface area contributed by atoms with Gasteiger partial charge >= 0.3 is 0 Å². The van der Waals surface area contributed by atoms with Crippen LogP contribution >= 0.6 is 0 Å². The lowest BCUT2D eigenvalue weighted by atomic mass is 10.2. The van der Waals surface area contributed by atoms with Crippen LogP contribution < -0.4 is 10.6 Å². The smallest absolute Gasteiger partial charge is 0.150 e. The Bertz CT molecular complexity index is 563. The summed E-state index contributed by atoms with van der Waals surface area (Å²) in [6, 6.07) is 4.27. The van der Waals surface area contributed by atoms with Crippen molar-refractivity contribution in [1.82, 2.24) is 20.3 Å². The molecular weight excluding hydrogens is 238 g/mol.